The van der Waals surface area contributed by atoms with Crippen LogP contribution < -0.4 is 15.9 Å². The largest absolute Gasteiger partial charge is 0.240 e. The van der Waals surface area contributed by atoms with Gasteiger partial charge in [0.1, 0.15) is 0 Å². The standard InChI is InChI=1S/C21H12N3O3P/c25-13-22-16-1-7-19(8-2-16)28(20-9-3-17(4-10-20)23-14-26)21-11-5-18(6-12-21)24-15-27/h1-12H. The molecule has 3 aromatic carbocycles. The highest BCUT2D eigenvalue weighted by molar-refractivity contribution is 7.79. The Morgan fingerprint density at radius 1 is 0.464 bits per heavy atom. The molecular weight excluding hydrogens is 373 g/mol. The van der Waals surface area contributed by atoms with Crippen LogP contribution in [0.3, 0.4) is 0 Å². The minimum Gasteiger partial charge on any atom is -0.211 e. The lowest BCUT2D eigenvalue weighted by Crippen LogP contribution is -2.20. The van der Waals surface area contributed by atoms with Crippen molar-refractivity contribution in [3.63, 3.8) is 0 Å². The molecule has 0 atom stereocenters. The highest BCUT2D eigenvalue weighted by atomic mass is 31.1. The van der Waals surface area contributed by atoms with Crippen molar-refractivity contribution >= 4 is 59.1 Å². The van der Waals surface area contributed by atoms with E-state index in [0.717, 1.165) is 15.9 Å². The van der Waals surface area contributed by atoms with E-state index in [-0.39, 0.29) is 0 Å². The predicted molar refractivity (Wildman–Crippen MR) is 108 cm³/mol. The Morgan fingerprint density at radius 2 is 0.714 bits per heavy atom. The molecule has 134 valence electrons. The topological polar surface area (TPSA) is 88.3 Å². The van der Waals surface area contributed by atoms with Gasteiger partial charge in [-0.2, -0.15) is 15.0 Å². The van der Waals surface area contributed by atoms with Crippen LogP contribution in [0.25, 0.3) is 0 Å². The van der Waals surface area contributed by atoms with Crippen LogP contribution in [0.1, 0.15) is 0 Å². The Kier molecular flexibility index (Phi) is 6.28. The van der Waals surface area contributed by atoms with Gasteiger partial charge >= 0.3 is 0 Å². The third-order valence-electron chi connectivity index (χ3n) is 3.85. The third-order valence-corrected chi connectivity index (χ3v) is 6.29. The van der Waals surface area contributed by atoms with Crippen LogP contribution in [0.15, 0.2) is 87.8 Å². The zero-order chi connectivity index (χ0) is 19.8. The first-order valence-electron chi connectivity index (χ1n) is 8.09. The summed E-state index contributed by atoms with van der Waals surface area (Å²) in [6.45, 7) is 0. The van der Waals surface area contributed by atoms with E-state index >= 15 is 0 Å². The maximum Gasteiger partial charge on any atom is 0.240 e. The number of benzene rings is 3. The fourth-order valence-electron chi connectivity index (χ4n) is 2.63. The van der Waals surface area contributed by atoms with Crippen LogP contribution in [-0.2, 0) is 14.4 Å². The second-order valence-electron chi connectivity index (χ2n) is 5.49. The summed E-state index contributed by atoms with van der Waals surface area (Å²) in [5, 5.41) is 3.12. The monoisotopic (exact) mass is 385 g/mol. The Morgan fingerprint density at radius 3 is 0.929 bits per heavy atom. The predicted octanol–water partition coefficient (Wildman–Crippen LogP) is 3.35. The average Bonchev–Trinajstić information content (AvgIpc) is 2.73. The summed E-state index contributed by atoms with van der Waals surface area (Å²) >= 11 is 0. The van der Waals surface area contributed by atoms with Crippen molar-refractivity contribution in [1.29, 1.82) is 0 Å². The van der Waals surface area contributed by atoms with E-state index in [1.807, 2.05) is 36.4 Å². The molecule has 0 spiro atoms. The van der Waals surface area contributed by atoms with Crippen LogP contribution in [-0.4, -0.2) is 18.2 Å². The van der Waals surface area contributed by atoms with Crippen molar-refractivity contribution in [2.24, 2.45) is 15.0 Å². The van der Waals surface area contributed by atoms with Crippen molar-refractivity contribution < 1.29 is 14.4 Å². The lowest BCUT2D eigenvalue weighted by Gasteiger charge is -2.19. The van der Waals surface area contributed by atoms with E-state index in [4.69, 9.17) is 0 Å². The minimum atomic E-state index is -0.932. The van der Waals surface area contributed by atoms with Crippen molar-refractivity contribution in [2.45, 2.75) is 0 Å². The van der Waals surface area contributed by atoms with Gasteiger partial charge in [-0.05, 0) is 60.2 Å². The normalized spacial score (nSPS) is 10.7. The number of isocyanates is 3. The zero-order valence-corrected chi connectivity index (χ0v) is 15.3. The molecular formula is C21H12N3O3P. The van der Waals surface area contributed by atoms with Gasteiger partial charge in [0.15, 0.2) is 0 Å². The first kappa shape index (κ1) is 19.0. The molecule has 6 nitrogen and oxygen atoms in total. The van der Waals surface area contributed by atoms with E-state index in [9.17, 15) is 14.4 Å². The maximum atomic E-state index is 10.4. The van der Waals surface area contributed by atoms with Gasteiger partial charge in [-0.3, -0.25) is 0 Å². The van der Waals surface area contributed by atoms with Crippen molar-refractivity contribution in [3.8, 4) is 0 Å². The van der Waals surface area contributed by atoms with Crippen molar-refractivity contribution in [2.75, 3.05) is 0 Å². The quantitative estimate of drug-likeness (QED) is 0.370. The maximum absolute atomic E-state index is 10.4. The first-order valence-corrected chi connectivity index (χ1v) is 9.43. The lowest BCUT2D eigenvalue weighted by atomic mass is 10.3. The number of rotatable bonds is 6. The van der Waals surface area contributed by atoms with Crippen LogP contribution in [0.4, 0.5) is 17.1 Å². The first-order chi connectivity index (χ1) is 13.7. The molecule has 0 bridgehead atoms. The minimum absolute atomic E-state index is 0.528. The molecule has 0 N–H and O–H groups in total. The molecule has 0 saturated carbocycles. The molecule has 0 heterocycles. The molecule has 3 rings (SSSR count). The second-order valence-corrected chi connectivity index (χ2v) is 7.71. The Bertz CT molecular complexity index is 961. The molecule has 28 heavy (non-hydrogen) atoms. The van der Waals surface area contributed by atoms with E-state index in [2.05, 4.69) is 15.0 Å². The average molecular weight is 385 g/mol. The molecule has 0 saturated heterocycles. The number of nitrogens with zero attached hydrogens (tertiary/aromatic N) is 3. The summed E-state index contributed by atoms with van der Waals surface area (Å²) in [6, 6.07) is 22.0. The second kappa shape index (κ2) is 9.25. The van der Waals surface area contributed by atoms with Crippen LogP contribution >= 0.6 is 7.92 Å². The smallest absolute Gasteiger partial charge is 0.211 e. The molecule has 0 fully saturated rings. The fraction of sp³-hybridized carbons (Fsp3) is 0. The number of aliphatic imine (C=N–C) groups is 3. The van der Waals surface area contributed by atoms with Gasteiger partial charge in [0.05, 0.1) is 17.1 Å². The zero-order valence-electron chi connectivity index (χ0n) is 14.4. The van der Waals surface area contributed by atoms with Gasteiger partial charge in [0.25, 0.3) is 0 Å². The van der Waals surface area contributed by atoms with Gasteiger partial charge in [0, 0.05) is 0 Å². The van der Waals surface area contributed by atoms with E-state index < -0.39 is 7.92 Å². The summed E-state index contributed by atoms with van der Waals surface area (Å²) in [5.74, 6) is 0. The van der Waals surface area contributed by atoms with Crippen molar-refractivity contribution in [3.05, 3.63) is 72.8 Å². The van der Waals surface area contributed by atoms with Gasteiger partial charge in [-0.1, -0.05) is 36.4 Å². The molecule has 0 aliphatic rings. The fourth-order valence-corrected chi connectivity index (χ4v) is 4.87. The van der Waals surface area contributed by atoms with Gasteiger partial charge < -0.3 is 0 Å². The molecule has 0 amide bonds. The summed E-state index contributed by atoms with van der Waals surface area (Å²) in [5.41, 5.74) is 1.58. The number of hydrogen-bond acceptors (Lipinski definition) is 6. The molecule has 0 aromatic heterocycles. The highest BCUT2D eigenvalue weighted by Crippen LogP contribution is 2.34. The van der Waals surface area contributed by atoms with E-state index in [1.165, 1.54) is 18.2 Å². The van der Waals surface area contributed by atoms with Crippen LogP contribution in [0.5, 0.6) is 0 Å². The van der Waals surface area contributed by atoms with Crippen molar-refractivity contribution in [1.82, 2.24) is 0 Å². The summed E-state index contributed by atoms with van der Waals surface area (Å²) in [7, 11) is -0.932. The van der Waals surface area contributed by atoms with Gasteiger partial charge in [-0.15, -0.1) is 0 Å². The SMILES string of the molecule is O=C=Nc1ccc(P(c2ccc(N=C=O)cc2)c2ccc(N=C=O)cc2)cc1. The number of hydrogen-bond donors (Lipinski definition) is 0. The van der Waals surface area contributed by atoms with Gasteiger partial charge in [0.2, 0.25) is 18.2 Å². The molecule has 0 aliphatic heterocycles. The Hall–Kier alpha value is -3.77. The molecule has 0 radical (unpaired) electrons. The summed E-state index contributed by atoms with van der Waals surface area (Å²) in [4.78, 5) is 42.2. The lowest BCUT2D eigenvalue weighted by molar-refractivity contribution is 0.564. The van der Waals surface area contributed by atoms with E-state index in [0.29, 0.717) is 17.1 Å². The third kappa shape index (κ3) is 4.49. The number of carbonyl (C=O) groups excluding carboxylic acids is 3. The van der Waals surface area contributed by atoms with Gasteiger partial charge in [-0.25, -0.2) is 14.4 Å². The molecule has 7 heteroatoms. The summed E-state index contributed by atoms with van der Waals surface area (Å²) < 4.78 is 0. The highest BCUT2D eigenvalue weighted by Gasteiger charge is 2.16. The molecule has 0 aliphatic carbocycles. The van der Waals surface area contributed by atoms with E-state index in [1.54, 1.807) is 36.4 Å². The van der Waals surface area contributed by atoms with Crippen LogP contribution in [0, 0.1) is 0 Å². The molecule has 3 aromatic rings. The molecule has 0 unspecified atom stereocenters. The summed E-state index contributed by atoms with van der Waals surface area (Å²) in [6.07, 6.45) is 4.59. The Labute approximate surface area is 161 Å². The Balaban J connectivity index is 2.07. The van der Waals surface area contributed by atoms with Crippen LogP contribution in [0.2, 0.25) is 0 Å².